The first-order valence-corrected chi connectivity index (χ1v) is 5.00. The fourth-order valence-corrected chi connectivity index (χ4v) is 0.856. The molecule has 0 bridgehead atoms. The first kappa shape index (κ1) is 14.3. The first-order valence-electron chi connectivity index (χ1n) is 5.00. The second-order valence-corrected chi connectivity index (χ2v) is 3.12. The van der Waals surface area contributed by atoms with Crippen LogP contribution < -0.4 is 0 Å². The zero-order valence-electron chi connectivity index (χ0n) is 9.52. The molecule has 0 aliphatic rings. The summed E-state index contributed by atoms with van der Waals surface area (Å²) in [4.78, 5) is 32.2. The van der Waals surface area contributed by atoms with Gasteiger partial charge in [0.2, 0.25) is 0 Å². The van der Waals surface area contributed by atoms with Crippen LogP contribution in [0.2, 0.25) is 0 Å². The van der Waals surface area contributed by atoms with E-state index < -0.39 is 11.9 Å². The van der Waals surface area contributed by atoms with Gasteiger partial charge in [-0.3, -0.25) is 9.59 Å². The SMILES string of the molecule is CC=CC(=O)OCCCOC(=O)CC(C)=O. The molecule has 0 saturated carbocycles. The average molecular weight is 228 g/mol. The van der Waals surface area contributed by atoms with Gasteiger partial charge in [0.05, 0.1) is 13.2 Å². The Morgan fingerprint density at radius 2 is 1.75 bits per heavy atom. The molecule has 0 saturated heterocycles. The summed E-state index contributed by atoms with van der Waals surface area (Å²) in [6.07, 6.45) is 3.10. The van der Waals surface area contributed by atoms with E-state index in [-0.39, 0.29) is 25.4 Å². The lowest BCUT2D eigenvalue weighted by atomic mass is 10.3. The molecule has 0 N–H and O–H groups in total. The molecule has 0 aliphatic carbocycles. The van der Waals surface area contributed by atoms with Crippen LogP contribution in [0.5, 0.6) is 0 Å². The summed E-state index contributed by atoms with van der Waals surface area (Å²) in [5.41, 5.74) is 0. The van der Waals surface area contributed by atoms with E-state index in [1.54, 1.807) is 13.0 Å². The van der Waals surface area contributed by atoms with Gasteiger partial charge in [-0.2, -0.15) is 0 Å². The Hall–Kier alpha value is -1.65. The maximum Gasteiger partial charge on any atom is 0.330 e. The van der Waals surface area contributed by atoms with Crippen LogP contribution in [0.25, 0.3) is 0 Å². The molecular formula is C11H16O5. The monoisotopic (exact) mass is 228 g/mol. The number of hydrogen-bond donors (Lipinski definition) is 0. The Labute approximate surface area is 94.4 Å². The van der Waals surface area contributed by atoms with Crippen LogP contribution in [0.1, 0.15) is 26.7 Å². The number of carbonyl (C=O) groups excluding carboxylic acids is 3. The van der Waals surface area contributed by atoms with Crippen molar-refractivity contribution >= 4 is 17.7 Å². The summed E-state index contributed by atoms with van der Waals surface area (Å²) < 4.78 is 9.49. The molecule has 0 unspecified atom stereocenters. The summed E-state index contributed by atoms with van der Waals surface area (Å²) in [6, 6.07) is 0. The lowest BCUT2D eigenvalue weighted by molar-refractivity contribution is -0.146. The van der Waals surface area contributed by atoms with Crippen LogP contribution in [0.4, 0.5) is 0 Å². The predicted molar refractivity (Wildman–Crippen MR) is 56.6 cm³/mol. The Kier molecular flexibility index (Phi) is 7.75. The fraction of sp³-hybridized carbons (Fsp3) is 0.545. The van der Waals surface area contributed by atoms with Crippen LogP contribution in [0, 0.1) is 0 Å². The van der Waals surface area contributed by atoms with Gasteiger partial charge in [0.15, 0.2) is 0 Å². The zero-order valence-corrected chi connectivity index (χ0v) is 9.52. The number of allylic oxidation sites excluding steroid dienone is 1. The third-order valence-corrected chi connectivity index (χ3v) is 1.49. The second-order valence-electron chi connectivity index (χ2n) is 3.12. The third kappa shape index (κ3) is 8.93. The summed E-state index contributed by atoms with van der Waals surface area (Å²) in [5, 5.41) is 0. The molecule has 0 aromatic carbocycles. The second kappa shape index (κ2) is 8.64. The highest BCUT2D eigenvalue weighted by atomic mass is 16.5. The number of ether oxygens (including phenoxy) is 2. The van der Waals surface area contributed by atoms with E-state index in [1.807, 2.05) is 0 Å². The lowest BCUT2D eigenvalue weighted by Crippen LogP contribution is -2.11. The number of hydrogen-bond acceptors (Lipinski definition) is 5. The molecule has 0 amide bonds. The number of carbonyl (C=O) groups is 3. The molecule has 0 aliphatic heterocycles. The van der Waals surface area contributed by atoms with Crippen molar-refractivity contribution in [1.29, 1.82) is 0 Å². The fourth-order valence-electron chi connectivity index (χ4n) is 0.856. The van der Waals surface area contributed by atoms with Crippen molar-refractivity contribution in [3.63, 3.8) is 0 Å². The quantitative estimate of drug-likeness (QED) is 0.281. The molecule has 0 aromatic heterocycles. The number of Topliss-reactive ketones (excluding diaryl/α,β-unsaturated/α-hetero) is 1. The van der Waals surface area contributed by atoms with Gasteiger partial charge in [-0.15, -0.1) is 0 Å². The largest absolute Gasteiger partial charge is 0.465 e. The van der Waals surface area contributed by atoms with Crippen molar-refractivity contribution in [2.24, 2.45) is 0 Å². The maximum absolute atomic E-state index is 10.9. The molecule has 0 fully saturated rings. The predicted octanol–water partition coefficient (Wildman–Crippen LogP) is 1.02. The highest BCUT2D eigenvalue weighted by Crippen LogP contribution is 1.92. The minimum absolute atomic E-state index is 0.148. The van der Waals surface area contributed by atoms with Crippen LogP contribution in [0.3, 0.4) is 0 Å². The summed E-state index contributed by atoms with van der Waals surface area (Å²) in [7, 11) is 0. The van der Waals surface area contributed by atoms with E-state index in [4.69, 9.17) is 9.47 Å². The molecular weight excluding hydrogens is 212 g/mol. The van der Waals surface area contributed by atoms with E-state index in [2.05, 4.69) is 0 Å². The molecule has 0 atom stereocenters. The lowest BCUT2D eigenvalue weighted by Gasteiger charge is -2.03. The number of ketones is 1. The van der Waals surface area contributed by atoms with Gasteiger partial charge >= 0.3 is 11.9 Å². The summed E-state index contributed by atoms with van der Waals surface area (Å²) in [5.74, 6) is -1.20. The van der Waals surface area contributed by atoms with Crippen molar-refractivity contribution < 1.29 is 23.9 Å². The van der Waals surface area contributed by atoms with Crippen LogP contribution >= 0.6 is 0 Å². The van der Waals surface area contributed by atoms with Crippen molar-refractivity contribution in [3.05, 3.63) is 12.2 Å². The van der Waals surface area contributed by atoms with Crippen LogP contribution in [-0.2, 0) is 23.9 Å². The van der Waals surface area contributed by atoms with Gasteiger partial charge in [0.25, 0.3) is 0 Å². The van der Waals surface area contributed by atoms with Crippen molar-refractivity contribution in [1.82, 2.24) is 0 Å². The maximum atomic E-state index is 10.9. The summed E-state index contributed by atoms with van der Waals surface area (Å²) >= 11 is 0. The first-order chi connectivity index (χ1) is 7.56. The van der Waals surface area contributed by atoms with Crippen molar-refractivity contribution in [3.8, 4) is 0 Å². The Bertz CT molecular complexity index is 280. The third-order valence-electron chi connectivity index (χ3n) is 1.49. The van der Waals surface area contributed by atoms with Gasteiger partial charge in [-0.25, -0.2) is 4.79 Å². The van der Waals surface area contributed by atoms with Crippen molar-refractivity contribution in [2.45, 2.75) is 26.7 Å². The highest BCUT2D eigenvalue weighted by Gasteiger charge is 2.05. The zero-order chi connectivity index (χ0) is 12.4. The molecule has 0 aromatic rings. The average Bonchev–Trinajstić information content (AvgIpc) is 2.16. The molecule has 5 nitrogen and oxygen atoms in total. The van der Waals surface area contributed by atoms with Crippen LogP contribution in [-0.4, -0.2) is 30.9 Å². The van der Waals surface area contributed by atoms with E-state index in [9.17, 15) is 14.4 Å². The smallest absolute Gasteiger partial charge is 0.330 e. The standard InChI is InChI=1S/C11H16O5/c1-3-5-10(13)15-6-4-7-16-11(14)8-9(2)12/h3,5H,4,6-8H2,1-2H3. The summed E-state index contributed by atoms with van der Waals surface area (Å²) in [6.45, 7) is 3.37. The van der Waals surface area contributed by atoms with E-state index in [0.717, 1.165) is 0 Å². The Morgan fingerprint density at radius 1 is 1.12 bits per heavy atom. The molecule has 0 spiro atoms. The molecule has 16 heavy (non-hydrogen) atoms. The molecule has 5 heteroatoms. The van der Waals surface area contributed by atoms with Gasteiger partial charge in [0, 0.05) is 12.5 Å². The van der Waals surface area contributed by atoms with E-state index >= 15 is 0 Å². The Morgan fingerprint density at radius 3 is 2.31 bits per heavy atom. The minimum Gasteiger partial charge on any atom is -0.465 e. The van der Waals surface area contributed by atoms with Gasteiger partial charge in [-0.1, -0.05) is 6.08 Å². The van der Waals surface area contributed by atoms with E-state index in [0.29, 0.717) is 6.42 Å². The Balaban J connectivity index is 3.43. The number of esters is 2. The normalized spacial score (nSPS) is 10.1. The minimum atomic E-state index is -0.549. The van der Waals surface area contributed by atoms with Gasteiger partial charge in [-0.05, 0) is 13.8 Å². The topological polar surface area (TPSA) is 69.7 Å². The van der Waals surface area contributed by atoms with E-state index in [1.165, 1.54) is 13.0 Å². The van der Waals surface area contributed by atoms with Gasteiger partial charge in [0.1, 0.15) is 12.2 Å². The van der Waals surface area contributed by atoms with Gasteiger partial charge < -0.3 is 9.47 Å². The highest BCUT2D eigenvalue weighted by molar-refractivity contribution is 5.94. The number of rotatable bonds is 7. The van der Waals surface area contributed by atoms with Crippen LogP contribution in [0.15, 0.2) is 12.2 Å². The van der Waals surface area contributed by atoms with Crippen molar-refractivity contribution in [2.75, 3.05) is 13.2 Å². The molecule has 90 valence electrons. The molecule has 0 radical (unpaired) electrons. The molecule has 0 rings (SSSR count). The molecule has 0 heterocycles.